The maximum atomic E-state index is 10.4. The van der Waals surface area contributed by atoms with Gasteiger partial charge in [0.05, 0.1) is 6.61 Å². The van der Waals surface area contributed by atoms with E-state index in [4.69, 9.17) is 18.9 Å². The molecule has 0 aromatic heterocycles. The number of hydrogen-bond acceptors (Lipinski definition) is 5. The third-order valence-corrected chi connectivity index (χ3v) is 3.38. The highest BCUT2D eigenvalue weighted by molar-refractivity contribution is 4.99. The average molecular weight is 276 g/mol. The molecule has 2 heterocycles. The van der Waals surface area contributed by atoms with Crippen LogP contribution in [0.1, 0.15) is 48.0 Å². The molecule has 2 fully saturated rings. The summed E-state index contributed by atoms with van der Waals surface area (Å²) in [4.78, 5) is 0. The lowest BCUT2D eigenvalue weighted by molar-refractivity contribution is -0.303. The van der Waals surface area contributed by atoms with Gasteiger partial charge in [0, 0.05) is 13.0 Å². The summed E-state index contributed by atoms with van der Waals surface area (Å²) >= 11 is 0. The zero-order valence-electron chi connectivity index (χ0n) is 12.9. The quantitative estimate of drug-likeness (QED) is 0.855. The van der Waals surface area contributed by atoms with Crippen LogP contribution in [0.5, 0.6) is 0 Å². The Kier molecular flexibility index (Phi) is 5.77. The minimum absolute atomic E-state index is 0.260. The zero-order valence-corrected chi connectivity index (χ0v) is 12.9. The van der Waals surface area contributed by atoms with Crippen molar-refractivity contribution in [3.05, 3.63) is 0 Å². The first-order valence-corrected chi connectivity index (χ1v) is 7.25. The summed E-state index contributed by atoms with van der Waals surface area (Å²) in [5.74, 6) is -1.63. The summed E-state index contributed by atoms with van der Waals surface area (Å²) in [5.41, 5.74) is 0. The van der Waals surface area contributed by atoms with Crippen molar-refractivity contribution < 1.29 is 24.1 Å². The predicted molar refractivity (Wildman–Crippen MR) is 71.8 cm³/mol. The number of aliphatic hydroxyl groups is 1. The van der Waals surface area contributed by atoms with E-state index in [0.717, 1.165) is 0 Å². The second-order valence-electron chi connectivity index (χ2n) is 4.99. The van der Waals surface area contributed by atoms with Gasteiger partial charge in [-0.25, -0.2) is 0 Å². The Hall–Kier alpha value is -0.200. The first-order valence-electron chi connectivity index (χ1n) is 7.25. The van der Waals surface area contributed by atoms with Crippen LogP contribution >= 0.6 is 0 Å². The van der Waals surface area contributed by atoms with E-state index in [1.807, 2.05) is 41.5 Å². The van der Waals surface area contributed by atoms with Crippen molar-refractivity contribution in [2.24, 2.45) is 0 Å². The number of fused-ring (bicyclic) bond motifs is 1. The van der Waals surface area contributed by atoms with Gasteiger partial charge in [0.25, 0.3) is 0 Å². The Morgan fingerprint density at radius 3 is 2.37 bits per heavy atom. The van der Waals surface area contributed by atoms with E-state index in [2.05, 4.69) is 0 Å². The molecule has 0 radical (unpaired) electrons. The van der Waals surface area contributed by atoms with Gasteiger partial charge in [-0.15, -0.1) is 0 Å². The molecule has 114 valence electrons. The van der Waals surface area contributed by atoms with Crippen LogP contribution in [0.2, 0.25) is 0 Å². The third-order valence-electron chi connectivity index (χ3n) is 3.38. The molecule has 2 rings (SSSR count). The maximum absolute atomic E-state index is 10.4. The van der Waals surface area contributed by atoms with Crippen LogP contribution in [-0.2, 0) is 18.9 Å². The van der Waals surface area contributed by atoms with E-state index < -0.39 is 17.7 Å². The van der Waals surface area contributed by atoms with Gasteiger partial charge in [0.1, 0.15) is 18.3 Å². The molecule has 1 N–H and O–H groups in total. The molecule has 0 spiro atoms. The van der Waals surface area contributed by atoms with Crippen LogP contribution in [0.4, 0.5) is 0 Å². The number of aliphatic hydroxyl groups excluding tert-OH is 1. The van der Waals surface area contributed by atoms with Gasteiger partial charge in [-0.2, -0.15) is 0 Å². The Morgan fingerprint density at radius 2 is 1.84 bits per heavy atom. The minimum atomic E-state index is -0.951. The molecule has 0 saturated carbocycles. The normalized spacial score (nSPS) is 40.3. The van der Waals surface area contributed by atoms with Crippen molar-refractivity contribution in [2.75, 3.05) is 13.2 Å². The van der Waals surface area contributed by atoms with Gasteiger partial charge in [0.15, 0.2) is 11.6 Å². The van der Waals surface area contributed by atoms with Crippen molar-refractivity contribution in [2.45, 2.75) is 77.8 Å². The Balaban J connectivity index is 0.000000861. The second-order valence-corrected chi connectivity index (χ2v) is 4.99. The molecule has 2 saturated heterocycles. The van der Waals surface area contributed by atoms with Gasteiger partial charge in [-0.3, -0.25) is 0 Å². The first kappa shape index (κ1) is 16.9. The van der Waals surface area contributed by atoms with Crippen LogP contribution in [0, 0.1) is 0 Å². The SMILES string of the molecule is CC.CCOC1(CC)OC2COC(C)(C)OC2C1O. The van der Waals surface area contributed by atoms with Crippen molar-refractivity contribution in [3.63, 3.8) is 0 Å². The summed E-state index contributed by atoms with van der Waals surface area (Å²) in [6.07, 6.45) is -0.839. The Morgan fingerprint density at radius 1 is 1.21 bits per heavy atom. The topological polar surface area (TPSA) is 57.2 Å². The van der Waals surface area contributed by atoms with Crippen molar-refractivity contribution in [1.82, 2.24) is 0 Å². The van der Waals surface area contributed by atoms with Crippen LogP contribution in [0.25, 0.3) is 0 Å². The zero-order chi connectivity index (χ0) is 14.7. The maximum Gasteiger partial charge on any atom is 0.197 e. The lowest BCUT2D eigenvalue weighted by atomic mass is 10.0. The lowest BCUT2D eigenvalue weighted by Gasteiger charge is -2.37. The fourth-order valence-corrected chi connectivity index (χ4v) is 2.52. The fraction of sp³-hybridized carbons (Fsp3) is 1.00. The van der Waals surface area contributed by atoms with Crippen LogP contribution < -0.4 is 0 Å². The van der Waals surface area contributed by atoms with E-state index in [1.165, 1.54) is 0 Å². The highest BCUT2D eigenvalue weighted by Crippen LogP contribution is 2.41. The molecule has 0 amide bonds. The monoisotopic (exact) mass is 276 g/mol. The number of hydrogen-bond donors (Lipinski definition) is 1. The highest BCUT2D eigenvalue weighted by Gasteiger charge is 2.58. The smallest absolute Gasteiger partial charge is 0.197 e. The van der Waals surface area contributed by atoms with E-state index in [9.17, 15) is 5.11 Å². The highest BCUT2D eigenvalue weighted by atomic mass is 16.8. The Labute approximate surface area is 116 Å². The predicted octanol–water partition coefficient (Wildman–Crippen LogP) is 2.07. The van der Waals surface area contributed by atoms with Crippen molar-refractivity contribution in [1.29, 1.82) is 0 Å². The number of ether oxygens (including phenoxy) is 4. The van der Waals surface area contributed by atoms with Gasteiger partial charge in [-0.1, -0.05) is 20.8 Å². The molecule has 19 heavy (non-hydrogen) atoms. The van der Waals surface area contributed by atoms with E-state index >= 15 is 0 Å². The second kappa shape index (κ2) is 6.50. The summed E-state index contributed by atoms with van der Waals surface area (Å²) in [5, 5.41) is 10.4. The number of rotatable bonds is 3. The standard InChI is InChI=1S/C12H22O5.C2H6/c1-5-12(14-6-2)10(13)9-8(16-12)7-15-11(3,4)17-9;1-2/h8-10,13H,5-7H2,1-4H3;1-2H3. The molecule has 0 aliphatic carbocycles. The molecule has 2 aliphatic rings. The van der Waals surface area contributed by atoms with E-state index in [0.29, 0.717) is 19.6 Å². The van der Waals surface area contributed by atoms with Crippen LogP contribution in [0.15, 0.2) is 0 Å². The summed E-state index contributed by atoms with van der Waals surface area (Å²) in [7, 11) is 0. The molecule has 2 aliphatic heterocycles. The van der Waals surface area contributed by atoms with Gasteiger partial charge >= 0.3 is 0 Å². The minimum Gasteiger partial charge on any atom is -0.385 e. The van der Waals surface area contributed by atoms with E-state index in [-0.39, 0.29) is 12.2 Å². The van der Waals surface area contributed by atoms with Crippen LogP contribution in [-0.4, -0.2) is 48.2 Å². The van der Waals surface area contributed by atoms with E-state index in [1.54, 1.807) is 0 Å². The first-order chi connectivity index (χ1) is 8.94. The largest absolute Gasteiger partial charge is 0.385 e. The fourth-order valence-electron chi connectivity index (χ4n) is 2.52. The molecule has 5 heteroatoms. The van der Waals surface area contributed by atoms with Crippen molar-refractivity contribution >= 4 is 0 Å². The lowest BCUT2D eigenvalue weighted by Crippen LogP contribution is -2.51. The Bertz CT molecular complexity index is 281. The van der Waals surface area contributed by atoms with Gasteiger partial charge in [0.2, 0.25) is 0 Å². The average Bonchev–Trinajstić information content (AvgIpc) is 2.66. The summed E-state index contributed by atoms with van der Waals surface area (Å²) in [6.45, 7) is 12.4. The molecular formula is C14H28O5. The molecule has 0 aromatic carbocycles. The molecule has 5 nitrogen and oxygen atoms in total. The molecular weight excluding hydrogens is 248 g/mol. The molecule has 4 atom stereocenters. The van der Waals surface area contributed by atoms with Crippen molar-refractivity contribution in [3.8, 4) is 0 Å². The summed E-state index contributed by atoms with van der Waals surface area (Å²) in [6, 6.07) is 0. The summed E-state index contributed by atoms with van der Waals surface area (Å²) < 4.78 is 22.7. The van der Waals surface area contributed by atoms with Gasteiger partial charge < -0.3 is 24.1 Å². The van der Waals surface area contributed by atoms with Gasteiger partial charge in [-0.05, 0) is 20.8 Å². The molecule has 0 aromatic rings. The third kappa shape index (κ3) is 3.28. The van der Waals surface area contributed by atoms with Crippen LogP contribution in [0.3, 0.4) is 0 Å². The molecule has 4 unspecified atom stereocenters. The molecule has 0 bridgehead atoms.